The molecule has 20 heavy (non-hydrogen) atoms. The minimum Gasteiger partial charge on any atom is -0.338 e. The van der Waals surface area contributed by atoms with Crippen LogP contribution in [0, 0.1) is 0 Å². The molecule has 6 heteroatoms. The van der Waals surface area contributed by atoms with Gasteiger partial charge in [0.15, 0.2) is 0 Å². The second kappa shape index (κ2) is 4.81. The number of hydrogen-bond acceptors (Lipinski definition) is 6. The average molecular weight is 284 g/mol. The molecule has 0 saturated heterocycles. The van der Waals surface area contributed by atoms with Gasteiger partial charge in [-0.1, -0.05) is 29.4 Å². The summed E-state index contributed by atoms with van der Waals surface area (Å²) in [7, 11) is 0. The zero-order valence-corrected chi connectivity index (χ0v) is 11.4. The van der Waals surface area contributed by atoms with E-state index >= 15 is 0 Å². The quantitative estimate of drug-likeness (QED) is 0.783. The smallest absolute Gasteiger partial charge is 0.235 e. The lowest BCUT2D eigenvalue weighted by Gasteiger charge is -2.23. The number of rotatable bonds is 2. The van der Waals surface area contributed by atoms with E-state index in [1.165, 1.54) is 22.5 Å². The number of nitrogens with one attached hydrogen (secondary N) is 1. The summed E-state index contributed by atoms with van der Waals surface area (Å²) in [6, 6.07) is 8.37. The Morgan fingerprint density at radius 2 is 2.25 bits per heavy atom. The number of thiazole rings is 1. The van der Waals surface area contributed by atoms with Crippen molar-refractivity contribution in [1.82, 2.24) is 20.4 Å². The van der Waals surface area contributed by atoms with Crippen molar-refractivity contribution < 1.29 is 4.52 Å². The van der Waals surface area contributed by atoms with E-state index in [-0.39, 0.29) is 5.92 Å². The van der Waals surface area contributed by atoms with Gasteiger partial charge in [0.1, 0.15) is 5.69 Å². The maximum absolute atomic E-state index is 5.45. The highest BCUT2D eigenvalue weighted by Crippen LogP contribution is 2.30. The second-order valence-corrected chi connectivity index (χ2v) is 5.43. The molecule has 0 amide bonds. The summed E-state index contributed by atoms with van der Waals surface area (Å²) in [6.07, 6.45) is 0. The van der Waals surface area contributed by atoms with Gasteiger partial charge in [-0.2, -0.15) is 4.98 Å². The van der Waals surface area contributed by atoms with Crippen LogP contribution in [0.2, 0.25) is 0 Å². The lowest BCUT2D eigenvalue weighted by molar-refractivity contribution is 0.356. The minimum atomic E-state index is 0.111. The zero-order chi connectivity index (χ0) is 13.4. The first-order valence-electron chi connectivity index (χ1n) is 6.42. The van der Waals surface area contributed by atoms with Crippen molar-refractivity contribution in [3.63, 3.8) is 0 Å². The van der Waals surface area contributed by atoms with Crippen molar-refractivity contribution in [2.24, 2.45) is 0 Å². The molecule has 3 aromatic rings. The number of benzene rings is 1. The van der Waals surface area contributed by atoms with Crippen LogP contribution in [0.15, 0.2) is 39.7 Å². The van der Waals surface area contributed by atoms with E-state index in [0.717, 1.165) is 18.8 Å². The van der Waals surface area contributed by atoms with E-state index in [4.69, 9.17) is 4.52 Å². The van der Waals surface area contributed by atoms with Crippen LogP contribution in [0.1, 0.15) is 22.9 Å². The minimum absolute atomic E-state index is 0.111. The van der Waals surface area contributed by atoms with Crippen molar-refractivity contribution in [2.45, 2.75) is 12.5 Å². The van der Waals surface area contributed by atoms with Crippen molar-refractivity contribution >= 4 is 11.3 Å². The van der Waals surface area contributed by atoms with Gasteiger partial charge in [0.05, 0.1) is 11.4 Å². The van der Waals surface area contributed by atoms with Crippen molar-refractivity contribution in [1.29, 1.82) is 0 Å². The van der Waals surface area contributed by atoms with E-state index in [1.54, 1.807) is 5.51 Å². The normalized spacial score (nSPS) is 17.9. The molecule has 1 aliphatic rings. The second-order valence-electron chi connectivity index (χ2n) is 4.71. The topological polar surface area (TPSA) is 63.8 Å². The summed E-state index contributed by atoms with van der Waals surface area (Å²) in [5.41, 5.74) is 5.09. The molecular weight excluding hydrogens is 272 g/mol. The van der Waals surface area contributed by atoms with Crippen LogP contribution < -0.4 is 5.32 Å². The Balaban J connectivity index is 1.72. The maximum atomic E-state index is 5.45. The Kier molecular flexibility index (Phi) is 2.82. The number of fused-ring (bicyclic) bond motifs is 1. The van der Waals surface area contributed by atoms with Gasteiger partial charge in [-0.3, -0.25) is 0 Å². The van der Waals surface area contributed by atoms with Crippen LogP contribution in [0.5, 0.6) is 0 Å². The van der Waals surface area contributed by atoms with E-state index in [9.17, 15) is 0 Å². The van der Waals surface area contributed by atoms with E-state index < -0.39 is 0 Å². The first-order chi connectivity index (χ1) is 9.92. The fourth-order valence-electron chi connectivity index (χ4n) is 2.52. The van der Waals surface area contributed by atoms with Crippen molar-refractivity contribution in [3.8, 4) is 11.5 Å². The lowest BCUT2D eigenvalue weighted by Crippen LogP contribution is -2.28. The molecule has 0 spiro atoms. The first kappa shape index (κ1) is 11.7. The maximum Gasteiger partial charge on any atom is 0.235 e. The summed E-state index contributed by atoms with van der Waals surface area (Å²) in [5.74, 6) is 1.32. The fraction of sp³-hybridized carbons (Fsp3) is 0.214. The summed E-state index contributed by atoms with van der Waals surface area (Å²) in [5, 5.41) is 9.35. The van der Waals surface area contributed by atoms with Gasteiger partial charge >= 0.3 is 0 Å². The van der Waals surface area contributed by atoms with Crippen LogP contribution in [0.3, 0.4) is 0 Å². The molecule has 1 unspecified atom stereocenters. The van der Waals surface area contributed by atoms with Gasteiger partial charge < -0.3 is 9.84 Å². The molecule has 0 saturated carbocycles. The molecule has 5 nitrogen and oxygen atoms in total. The molecule has 4 rings (SSSR count). The molecule has 0 bridgehead atoms. The number of hydrogen-bond donors (Lipinski definition) is 1. The fourth-order valence-corrected chi connectivity index (χ4v) is 3.05. The van der Waals surface area contributed by atoms with Gasteiger partial charge in [-0.05, 0) is 11.1 Å². The molecule has 1 aliphatic heterocycles. The Hall–Kier alpha value is -2.05. The Bertz CT molecular complexity index is 722. The van der Waals surface area contributed by atoms with Gasteiger partial charge in [0.25, 0.3) is 0 Å². The number of aromatic nitrogens is 3. The Labute approximate surface area is 119 Å². The van der Waals surface area contributed by atoms with Gasteiger partial charge in [0, 0.05) is 18.5 Å². The SMILES string of the molecule is c1ccc2c(c1)CNCC2c1nc(-c2cscn2)no1. The molecule has 1 aromatic carbocycles. The highest BCUT2D eigenvalue weighted by atomic mass is 32.1. The molecule has 0 aliphatic carbocycles. The zero-order valence-electron chi connectivity index (χ0n) is 10.6. The third kappa shape index (κ3) is 1.93. The summed E-state index contributed by atoms with van der Waals surface area (Å²) >= 11 is 1.52. The van der Waals surface area contributed by atoms with Crippen LogP contribution >= 0.6 is 11.3 Å². The molecule has 100 valence electrons. The largest absolute Gasteiger partial charge is 0.338 e. The Morgan fingerprint density at radius 3 is 3.15 bits per heavy atom. The number of nitrogens with zero attached hydrogens (tertiary/aromatic N) is 3. The van der Waals surface area contributed by atoms with Crippen LogP contribution in [0.4, 0.5) is 0 Å². The third-order valence-corrected chi connectivity index (χ3v) is 4.08. The van der Waals surface area contributed by atoms with Crippen LogP contribution in [-0.2, 0) is 6.54 Å². The monoisotopic (exact) mass is 284 g/mol. The average Bonchev–Trinajstić information content (AvgIpc) is 3.17. The van der Waals surface area contributed by atoms with Gasteiger partial charge in [-0.25, -0.2) is 4.98 Å². The Morgan fingerprint density at radius 1 is 1.30 bits per heavy atom. The lowest BCUT2D eigenvalue weighted by atomic mass is 9.91. The van der Waals surface area contributed by atoms with E-state index in [0.29, 0.717) is 11.7 Å². The predicted octanol–water partition coefficient (Wildman–Crippen LogP) is 2.43. The third-order valence-electron chi connectivity index (χ3n) is 3.50. The standard InChI is InChI=1S/C14H12N4OS/c1-2-4-10-9(3-1)5-15-6-11(10)14-17-13(18-19-14)12-7-20-8-16-12/h1-4,7-8,11,15H,5-6H2. The molecular formula is C14H12N4OS. The molecule has 0 fully saturated rings. The molecule has 2 aromatic heterocycles. The first-order valence-corrected chi connectivity index (χ1v) is 7.37. The van der Waals surface area contributed by atoms with Crippen LogP contribution in [-0.4, -0.2) is 21.7 Å². The molecule has 0 radical (unpaired) electrons. The van der Waals surface area contributed by atoms with Crippen molar-refractivity contribution in [3.05, 3.63) is 52.2 Å². The highest BCUT2D eigenvalue weighted by molar-refractivity contribution is 7.07. The van der Waals surface area contributed by atoms with Crippen LogP contribution in [0.25, 0.3) is 11.5 Å². The summed E-state index contributed by atoms with van der Waals surface area (Å²) in [4.78, 5) is 8.71. The van der Waals surface area contributed by atoms with Crippen molar-refractivity contribution in [2.75, 3.05) is 6.54 Å². The predicted molar refractivity (Wildman–Crippen MR) is 75.4 cm³/mol. The van der Waals surface area contributed by atoms with E-state index in [1.807, 2.05) is 5.38 Å². The molecule has 1 N–H and O–H groups in total. The van der Waals surface area contributed by atoms with Gasteiger partial charge in [-0.15, -0.1) is 11.3 Å². The molecule has 1 atom stereocenters. The van der Waals surface area contributed by atoms with Gasteiger partial charge in [0.2, 0.25) is 11.7 Å². The highest BCUT2D eigenvalue weighted by Gasteiger charge is 2.26. The summed E-state index contributed by atoms with van der Waals surface area (Å²) < 4.78 is 5.45. The van der Waals surface area contributed by atoms with E-state index in [2.05, 4.69) is 44.7 Å². The summed E-state index contributed by atoms with van der Waals surface area (Å²) in [6.45, 7) is 1.70. The molecule has 3 heterocycles.